The Morgan fingerprint density at radius 2 is 2.06 bits per heavy atom. The molecule has 0 atom stereocenters. The Morgan fingerprint density at radius 3 is 2.61 bits per heavy atom. The van der Waals surface area contributed by atoms with Gasteiger partial charge in [-0.2, -0.15) is 0 Å². The number of benzene rings is 1. The standard InChI is InChI=1S/C12H19FN2O2S/c1-10(2)14-7-8-18(16,17)15(3)12-6-4-5-11(13)9-12/h4-6,9-10,14H,7-8H2,1-3H3. The number of hydrogen-bond donors (Lipinski definition) is 1. The lowest BCUT2D eigenvalue weighted by atomic mass is 10.3. The second-order valence-electron chi connectivity index (χ2n) is 4.37. The highest BCUT2D eigenvalue weighted by molar-refractivity contribution is 7.92. The summed E-state index contributed by atoms with van der Waals surface area (Å²) in [7, 11) is -1.99. The van der Waals surface area contributed by atoms with Crippen molar-refractivity contribution in [2.24, 2.45) is 0 Å². The first-order chi connectivity index (χ1) is 8.33. The van der Waals surface area contributed by atoms with Crippen LogP contribution in [0, 0.1) is 5.82 Å². The predicted octanol–water partition coefficient (Wildman–Crippen LogP) is 1.59. The molecule has 102 valence electrons. The van der Waals surface area contributed by atoms with Crippen LogP contribution in [-0.2, 0) is 10.0 Å². The van der Waals surface area contributed by atoms with Gasteiger partial charge in [0.25, 0.3) is 0 Å². The lowest BCUT2D eigenvalue weighted by molar-refractivity contribution is 0.576. The number of rotatable bonds is 6. The minimum absolute atomic E-state index is 0.0157. The first-order valence-corrected chi connectivity index (χ1v) is 7.39. The molecule has 4 nitrogen and oxygen atoms in total. The van der Waals surface area contributed by atoms with E-state index in [9.17, 15) is 12.8 Å². The van der Waals surface area contributed by atoms with Crippen molar-refractivity contribution < 1.29 is 12.8 Å². The summed E-state index contributed by atoms with van der Waals surface area (Å²) in [6, 6.07) is 5.77. The number of sulfonamides is 1. The van der Waals surface area contributed by atoms with Crippen molar-refractivity contribution in [3.05, 3.63) is 30.1 Å². The Bertz CT molecular complexity index is 489. The van der Waals surface area contributed by atoms with Crippen molar-refractivity contribution in [2.45, 2.75) is 19.9 Å². The Balaban J connectivity index is 2.73. The van der Waals surface area contributed by atoms with Gasteiger partial charge in [0.2, 0.25) is 10.0 Å². The molecule has 0 bridgehead atoms. The lowest BCUT2D eigenvalue weighted by Crippen LogP contribution is -2.35. The number of anilines is 1. The molecule has 1 N–H and O–H groups in total. The fraction of sp³-hybridized carbons (Fsp3) is 0.500. The third-order valence-corrected chi connectivity index (χ3v) is 4.27. The summed E-state index contributed by atoms with van der Waals surface area (Å²) < 4.78 is 38.1. The summed E-state index contributed by atoms with van der Waals surface area (Å²) in [5.74, 6) is -0.465. The molecule has 0 aliphatic carbocycles. The van der Waals surface area contributed by atoms with E-state index < -0.39 is 15.8 Å². The Morgan fingerprint density at radius 1 is 1.39 bits per heavy atom. The zero-order valence-corrected chi connectivity index (χ0v) is 11.7. The lowest BCUT2D eigenvalue weighted by Gasteiger charge is -2.20. The van der Waals surface area contributed by atoms with Gasteiger partial charge in [-0.05, 0) is 18.2 Å². The van der Waals surface area contributed by atoms with Crippen LogP contribution < -0.4 is 9.62 Å². The van der Waals surface area contributed by atoms with Gasteiger partial charge in [0.05, 0.1) is 11.4 Å². The van der Waals surface area contributed by atoms with E-state index in [1.807, 2.05) is 13.8 Å². The molecule has 0 radical (unpaired) electrons. The van der Waals surface area contributed by atoms with Gasteiger partial charge in [-0.25, -0.2) is 12.8 Å². The molecule has 1 aromatic rings. The molecule has 1 aromatic carbocycles. The van der Waals surface area contributed by atoms with E-state index in [0.717, 1.165) is 4.31 Å². The summed E-state index contributed by atoms with van der Waals surface area (Å²) in [5, 5.41) is 3.04. The number of halogens is 1. The molecule has 18 heavy (non-hydrogen) atoms. The second-order valence-corrected chi connectivity index (χ2v) is 6.49. The van der Waals surface area contributed by atoms with E-state index in [-0.39, 0.29) is 11.8 Å². The zero-order valence-electron chi connectivity index (χ0n) is 10.9. The monoisotopic (exact) mass is 274 g/mol. The molecule has 0 heterocycles. The summed E-state index contributed by atoms with van der Waals surface area (Å²) in [4.78, 5) is 0. The largest absolute Gasteiger partial charge is 0.313 e. The van der Waals surface area contributed by atoms with Crippen LogP contribution in [0.1, 0.15) is 13.8 Å². The molecule has 0 saturated heterocycles. The van der Waals surface area contributed by atoms with Gasteiger partial charge in [-0.3, -0.25) is 4.31 Å². The van der Waals surface area contributed by atoms with Crippen LogP contribution in [0.3, 0.4) is 0 Å². The maximum Gasteiger partial charge on any atom is 0.236 e. The Labute approximate surface area is 108 Å². The molecule has 1 rings (SSSR count). The molecule has 0 spiro atoms. The quantitative estimate of drug-likeness (QED) is 0.857. The van der Waals surface area contributed by atoms with Crippen molar-refractivity contribution >= 4 is 15.7 Å². The van der Waals surface area contributed by atoms with Gasteiger partial charge >= 0.3 is 0 Å². The normalized spacial score (nSPS) is 11.8. The van der Waals surface area contributed by atoms with Crippen LogP contribution in [0.25, 0.3) is 0 Å². The van der Waals surface area contributed by atoms with Crippen molar-refractivity contribution in [1.82, 2.24) is 5.32 Å². The smallest absolute Gasteiger partial charge is 0.236 e. The van der Waals surface area contributed by atoms with Crippen molar-refractivity contribution in [1.29, 1.82) is 0 Å². The predicted molar refractivity (Wildman–Crippen MR) is 71.7 cm³/mol. The fourth-order valence-corrected chi connectivity index (χ4v) is 2.53. The van der Waals surface area contributed by atoms with Crippen molar-refractivity contribution in [3.8, 4) is 0 Å². The van der Waals surface area contributed by atoms with Gasteiger partial charge in [-0.15, -0.1) is 0 Å². The topological polar surface area (TPSA) is 49.4 Å². The van der Waals surface area contributed by atoms with Crippen molar-refractivity contribution in [2.75, 3.05) is 23.7 Å². The van der Waals surface area contributed by atoms with Crippen LogP contribution in [0.2, 0.25) is 0 Å². The first-order valence-electron chi connectivity index (χ1n) is 5.78. The molecule has 6 heteroatoms. The van der Waals surface area contributed by atoms with E-state index in [1.54, 1.807) is 6.07 Å². The summed E-state index contributed by atoms with van der Waals surface area (Å²) in [5.41, 5.74) is 0.333. The maximum atomic E-state index is 13.0. The molecule has 0 amide bonds. The number of nitrogens with one attached hydrogen (secondary N) is 1. The van der Waals surface area contributed by atoms with Gasteiger partial charge in [0.1, 0.15) is 5.82 Å². The SMILES string of the molecule is CC(C)NCCS(=O)(=O)N(C)c1cccc(F)c1. The average molecular weight is 274 g/mol. The molecule has 0 fully saturated rings. The van der Waals surface area contributed by atoms with Crippen molar-refractivity contribution in [3.63, 3.8) is 0 Å². The van der Waals surface area contributed by atoms with Crippen LogP contribution in [-0.4, -0.2) is 33.8 Å². The van der Waals surface area contributed by atoms with Crippen LogP contribution in [0.4, 0.5) is 10.1 Å². The third-order valence-electron chi connectivity index (χ3n) is 2.50. The van der Waals surface area contributed by atoms with Crippen LogP contribution in [0.5, 0.6) is 0 Å². The molecular formula is C12H19FN2O2S. The third kappa shape index (κ3) is 4.27. The van der Waals surface area contributed by atoms with Gasteiger partial charge < -0.3 is 5.32 Å². The molecule has 0 aromatic heterocycles. The summed E-state index contributed by atoms with van der Waals surface area (Å²) >= 11 is 0. The van der Waals surface area contributed by atoms with E-state index in [2.05, 4.69) is 5.32 Å². The van der Waals surface area contributed by atoms with Gasteiger partial charge in [0, 0.05) is 19.6 Å². The average Bonchev–Trinajstić information content (AvgIpc) is 2.27. The Kier molecular flexibility index (Phi) is 5.10. The van der Waals surface area contributed by atoms with E-state index in [0.29, 0.717) is 12.2 Å². The van der Waals surface area contributed by atoms with Gasteiger partial charge in [-0.1, -0.05) is 19.9 Å². The molecular weight excluding hydrogens is 255 g/mol. The highest BCUT2D eigenvalue weighted by atomic mass is 32.2. The molecule has 0 aliphatic heterocycles. The molecule has 0 saturated carbocycles. The number of nitrogens with zero attached hydrogens (tertiary/aromatic N) is 1. The fourth-order valence-electron chi connectivity index (χ4n) is 1.45. The molecule has 0 aliphatic rings. The minimum Gasteiger partial charge on any atom is -0.313 e. The second kappa shape index (κ2) is 6.15. The van der Waals surface area contributed by atoms with E-state index in [1.165, 1.54) is 25.2 Å². The van der Waals surface area contributed by atoms with E-state index in [4.69, 9.17) is 0 Å². The minimum atomic E-state index is -3.42. The highest BCUT2D eigenvalue weighted by Crippen LogP contribution is 2.17. The molecule has 0 unspecified atom stereocenters. The van der Waals surface area contributed by atoms with Crippen LogP contribution in [0.15, 0.2) is 24.3 Å². The van der Waals surface area contributed by atoms with E-state index >= 15 is 0 Å². The zero-order chi connectivity index (χ0) is 13.8. The number of hydrogen-bond acceptors (Lipinski definition) is 3. The van der Waals surface area contributed by atoms with Gasteiger partial charge in [0.15, 0.2) is 0 Å². The van der Waals surface area contributed by atoms with Crippen LogP contribution >= 0.6 is 0 Å². The maximum absolute atomic E-state index is 13.0. The first kappa shape index (κ1) is 14.9. The highest BCUT2D eigenvalue weighted by Gasteiger charge is 2.18. The Hall–Kier alpha value is -1.14. The summed E-state index contributed by atoms with van der Waals surface area (Å²) in [6.07, 6.45) is 0. The summed E-state index contributed by atoms with van der Waals surface area (Å²) in [6.45, 7) is 4.27.